The van der Waals surface area contributed by atoms with Crippen molar-refractivity contribution in [2.45, 2.75) is 32.1 Å². The summed E-state index contributed by atoms with van der Waals surface area (Å²) in [5.74, 6) is 0.0550. The number of carbonyl (C=O) groups is 1. The number of ether oxygens (including phenoxy) is 2. The SMILES string of the molecule is Cl.NC(C(=O)Nc1ccc(COCc2ccccc2)cc1)C1CCOCC1. The van der Waals surface area contributed by atoms with Crippen LogP contribution in [0.15, 0.2) is 54.6 Å². The van der Waals surface area contributed by atoms with Crippen LogP contribution in [0.5, 0.6) is 0 Å². The van der Waals surface area contributed by atoms with Crippen LogP contribution in [0.4, 0.5) is 5.69 Å². The molecule has 3 rings (SSSR count). The monoisotopic (exact) mass is 390 g/mol. The van der Waals surface area contributed by atoms with Crippen molar-refractivity contribution >= 4 is 24.0 Å². The number of rotatable bonds is 7. The molecule has 0 spiro atoms. The lowest BCUT2D eigenvalue weighted by Crippen LogP contribution is -2.43. The highest BCUT2D eigenvalue weighted by Crippen LogP contribution is 2.19. The van der Waals surface area contributed by atoms with Crippen LogP contribution in [0.25, 0.3) is 0 Å². The van der Waals surface area contributed by atoms with Crippen LogP contribution in [0.3, 0.4) is 0 Å². The number of halogens is 1. The Morgan fingerprint density at radius 3 is 2.26 bits per heavy atom. The van der Waals surface area contributed by atoms with Gasteiger partial charge in [0.25, 0.3) is 0 Å². The maximum atomic E-state index is 12.3. The lowest BCUT2D eigenvalue weighted by molar-refractivity contribution is -0.119. The van der Waals surface area contributed by atoms with Crippen LogP contribution in [0, 0.1) is 5.92 Å². The lowest BCUT2D eigenvalue weighted by Gasteiger charge is -2.26. The van der Waals surface area contributed by atoms with Crippen molar-refractivity contribution in [3.05, 3.63) is 65.7 Å². The van der Waals surface area contributed by atoms with Gasteiger partial charge in [-0.15, -0.1) is 12.4 Å². The van der Waals surface area contributed by atoms with Gasteiger partial charge < -0.3 is 20.5 Å². The van der Waals surface area contributed by atoms with Crippen molar-refractivity contribution in [2.75, 3.05) is 18.5 Å². The van der Waals surface area contributed by atoms with E-state index < -0.39 is 6.04 Å². The van der Waals surface area contributed by atoms with E-state index in [9.17, 15) is 4.79 Å². The summed E-state index contributed by atoms with van der Waals surface area (Å²) >= 11 is 0. The molecule has 27 heavy (non-hydrogen) atoms. The minimum atomic E-state index is -0.493. The van der Waals surface area contributed by atoms with Crippen LogP contribution in [-0.2, 0) is 27.5 Å². The molecule has 0 radical (unpaired) electrons. The molecule has 2 aromatic rings. The fourth-order valence-corrected chi connectivity index (χ4v) is 3.06. The first-order valence-electron chi connectivity index (χ1n) is 9.07. The van der Waals surface area contributed by atoms with E-state index in [1.165, 1.54) is 0 Å². The molecule has 3 N–H and O–H groups in total. The second-order valence-corrected chi connectivity index (χ2v) is 6.64. The summed E-state index contributed by atoms with van der Waals surface area (Å²) in [5.41, 5.74) is 9.07. The van der Waals surface area contributed by atoms with Gasteiger partial charge in [0, 0.05) is 18.9 Å². The highest BCUT2D eigenvalue weighted by molar-refractivity contribution is 5.94. The fraction of sp³-hybridized carbons (Fsp3) is 0.381. The van der Waals surface area contributed by atoms with Gasteiger partial charge in [-0.25, -0.2) is 0 Å². The predicted octanol–water partition coefficient (Wildman–Crippen LogP) is 3.52. The molecule has 1 aliphatic heterocycles. The number of hydrogen-bond donors (Lipinski definition) is 2. The molecular weight excluding hydrogens is 364 g/mol. The molecule has 5 nitrogen and oxygen atoms in total. The highest BCUT2D eigenvalue weighted by atomic mass is 35.5. The van der Waals surface area contributed by atoms with Crippen molar-refractivity contribution in [3.8, 4) is 0 Å². The van der Waals surface area contributed by atoms with Crippen molar-refractivity contribution in [1.29, 1.82) is 0 Å². The van der Waals surface area contributed by atoms with Crippen molar-refractivity contribution < 1.29 is 14.3 Å². The fourth-order valence-electron chi connectivity index (χ4n) is 3.06. The van der Waals surface area contributed by atoms with Gasteiger partial charge in [0.05, 0.1) is 19.3 Å². The van der Waals surface area contributed by atoms with Gasteiger partial charge in [0.2, 0.25) is 5.91 Å². The summed E-state index contributed by atoms with van der Waals surface area (Å²) in [6.45, 7) is 2.48. The Bertz CT molecular complexity index is 688. The minimum Gasteiger partial charge on any atom is -0.381 e. The average molecular weight is 391 g/mol. The highest BCUT2D eigenvalue weighted by Gasteiger charge is 2.26. The van der Waals surface area contributed by atoms with E-state index in [-0.39, 0.29) is 24.2 Å². The number of amides is 1. The molecule has 0 aliphatic carbocycles. The Morgan fingerprint density at radius 2 is 1.63 bits per heavy atom. The van der Waals surface area contributed by atoms with Crippen LogP contribution < -0.4 is 11.1 Å². The molecule has 1 saturated heterocycles. The molecule has 1 unspecified atom stereocenters. The van der Waals surface area contributed by atoms with Gasteiger partial charge in [-0.05, 0) is 42.0 Å². The molecule has 0 aromatic heterocycles. The second-order valence-electron chi connectivity index (χ2n) is 6.64. The summed E-state index contributed by atoms with van der Waals surface area (Å²) in [6.07, 6.45) is 1.68. The summed E-state index contributed by atoms with van der Waals surface area (Å²) in [6, 6.07) is 17.3. The Balaban J connectivity index is 0.00000261. The molecule has 0 bridgehead atoms. The zero-order chi connectivity index (χ0) is 18.2. The van der Waals surface area contributed by atoms with Gasteiger partial charge in [-0.2, -0.15) is 0 Å². The molecule has 0 saturated carbocycles. The molecule has 1 atom stereocenters. The van der Waals surface area contributed by atoms with Gasteiger partial charge in [0.1, 0.15) is 0 Å². The molecular formula is C21H27ClN2O3. The predicted molar refractivity (Wildman–Crippen MR) is 109 cm³/mol. The van der Waals surface area contributed by atoms with Crippen LogP contribution in [0.1, 0.15) is 24.0 Å². The average Bonchev–Trinajstić information content (AvgIpc) is 2.70. The second kappa shape index (κ2) is 11.0. The number of nitrogens with two attached hydrogens (primary N) is 1. The van der Waals surface area contributed by atoms with Crippen molar-refractivity contribution in [3.63, 3.8) is 0 Å². The quantitative estimate of drug-likeness (QED) is 0.758. The Morgan fingerprint density at radius 1 is 1.04 bits per heavy atom. The minimum absolute atomic E-state index is 0. The van der Waals surface area contributed by atoms with Crippen molar-refractivity contribution in [1.82, 2.24) is 0 Å². The molecule has 1 fully saturated rings. The molecule has 1 aliphatic rings. The summed E-state index contributed by atoms with van der Waals surface area (Å²) in [7, 11) is 0. The normalized spacial score (nSPS) is 15.6. The standard InChI is InChI=1S/C21H26N2O3.ClH/c22-20(18-10-12-25-13-11-18)21(24)23-19-8-6-17(7-9-19)15-26-14-16-4-2-1-3-5-16;/h1-9,18,20H,10-15,22H2,(H,23,24);1H. The van der Waals surface area contributed by atoms with Gasteiger partial charge in [-0.3, -0.25) is 4.79 Å². The van der Waals surface area contributed by atoms with Crippen LogP contribution >= 0.6 is 12.4 Å². The van der Waals surface area contributed by atoms with Gasteiger partial charge in [0.15, 0.2) is 0 Å². The van der Waals surface area contributed by atoms with Crippen LogP contribution in [0.2, 0.25) is 0 Å². The van der Waals surface area contributed by atoms with E-state index in [0.717, 1.165) is 29.7 Å². The third-order valence-electron chi connectivity index (χ3n) is 4.68. The third kappa shape index (κ3) is 6.63. The smallest absolute Gasteiger partial charge is 0.241 e. The van der Waals surface area contributed by atoms with Gasteiger partial charge in [-0.1, -0.05) is 42.5 Å². The molecule has 1 amide bonds. The first kappa shape index (κ1) is 21.4. The maximum Gasteiger partial charge on any atom is 0.241 e. The topological polar surface area (TPSA) is 73.6 Å². The third-order valence-corrected chi connectivity index (χ3v) is 4.68. The largest absolute Gasteiger partial charge is 0.381 e. The number of benzene rings is 2. The Hall–Kier alpha value is -1.92. The number of hydrogen-bond acceptors (Lipinski definition) is 4. The van der Waals surface area contributed by atoms with Crippen molar-refractivity contribution in [2.24, 2.45) is 11.7 Å². The van der Waals surface area contributed by atoms with E-state index in [0.29, 0.717) is 26.4 Å². The van der Waals surface area contributed by atoms with E-state index in [1.54, 1.807) is 0 Å². The first-order valence-corrected chi connectivity index (χ1v) is 9.07. The molecule has 6 heteroatoms. The summed E-state index contributed by atoms with van der Waals surface area (Å²) in [4.78, 5) is 12.3. The Labute approximate surface area is 166 Å². The molecule has 2 aromatic carbocycles. The number of anilines is 1. The van der Waals surface area contributed by atoms with Crippen LogP contribution in [-0.4, -0.2) is 25.2 Å². The van der Waals surface area contributed by atoms with E-state index in [4.69, 9.17) is 15.2 Å². The number of carbonyl (C=O) groups excluding carboxylic acids is 1. The van der Waals surface area contributed by atoms with E-state index in [1.807, 2.05) is 54.6 Å². The first-order chi connectivity index (χ1) is 12.7. The zero-order valence-corrected chi connectivity index (χ0v) is 16.1. The van der Waals surface area contributed by atoms with E-state index >= 15 is 0 Å². The maximum absolute atomic E-state index is 12.3. The number of nitrogens with one attached hydrogen (secondary N) is 1. The van der Waals surface area contributed by atoms with E-state index in [2.05, 4.69) is 5.32 Å². The molecule has 146 valence electrons. The Kier molecular flexibility index (Phi) is 8.75. The van der Waals surface area contributed by atoms with Gasteiger partial charge >= 0.3 is 0 Å². The summed E-state index contributed by atoms with van der Waals surface area (Å²) in [5, 5.41) is 2.90. The molecule has 1 heterocycles. The zero-order valence-electron chi connectivity index (χ0n) is 15.3. The summed E-state index contributed by atoms with van der Waals surface area (Å²) < 4.78 is 11.0. The lowest BCUT2D eigenvalue weighted by atomic mass is 9.92.